The van der Waals surface area contributed by atoms with Crippen LogP contribution in [0.3, 0.4) is 0 Å². The molecule has 0 unspecified atom stereocenters. The summed E-state index contributed by atoms with van der Waals surface area (Å²) in [5.74, 6) is -0.316. The molecular formula is C21H25N3O2. The standard InChI is InChI=1S/C21H25N3O2/c1-23(2)18-11-9-17(10-12-18)22-19(25)21(13-14-21)20(26)24(3)15-16-7-5-4-6-8-16/h4-12H,13-15H2,1-3H3,(H,22,25). The van der Waals surface area contributed by atoms with Crippen molar-refractivity contribution in [3.05, 3.63) is 60.2 Å². The predicted molar refractivity (Wildman–Crippen MR) is 104 cm³/mol. The van der Waals surface area contributed by atoms with Gasteiger partial charge in [0.2, 0.25) is 11.8 Å². The fourth-order valence-corrected chi connectivity index (χ4v) is 3.05. The second kappa shape index (κ2) is 7.20. The van der Waals surface area contributed by atoms with Gasteiger partial charge in [0.15, 0.2) is 0 Å². The van der Waals surface area contributed by atoms with Gasteiger partial charge in [-0.1, -0.05) is 30.3 Å². The van der Waals surface area contributed by atoms with Crippen LogP contribution >= 0.6 is 0 Å². The maximum absolute atomic E-state index is 12.9. The summed E-state index contributed by atoms with van der Waals surface area (Å²) < 4.78 is 0. The van der Waals surface area contributed by atoms with Crippen molar-refractivity contribution in [2.45, 2.75) is 19.4 Å². The summed E-state index contributed by atoms with van der Waals surface area (Å²) in [4.78, 5) is 29.3. The van der Waals surface area contributed by atoms with Gasteiger partial charge in [0, 0.05) is 39.1 Å². The zero-order valence-electron chi connectivity index (χ0n) is 15.5. The monoisotopic (exact) mass is 351 g/mol. The van der Waals surface area contributed by atoms with Gasteiger partial charge >= 0.3 is 0 Å². The second-order valence-electron chi connectivity index (χ2n) is 7.12. The van der Waals surface area contributed by atoms with Gasteiger partial charge in [-0.15, -0.1) is 0 Å². The van der Waals surface area contributed by atoms with Gasteiger partial charge in [-0.3, -0.25) is 9.59 Å². The first-order valence-electron chi connectivity index (χ1n) is 8.81. The van der Waals surface area contributed by atoms with E-state index in [1.54, 1.807) is 11.9 Å². The normalized spacial score (nSPS) is 14.4. The predicted octanol–water partition coefficient (Wildman–Crippen LogP) is 3.13. The summed E-state index contributed by atoms with van der Waals surface area (Å²) in [6, 6.07) is 17.4. The highest BCUT2D eigenvalue weighted by atomic mass is 16.2. The Morgan fingerprint density at radius 3 is 2.12 bits per heavy atom. The van der Waals surface area contributed by atoms with Crippen molar-refractivity contribution in [3.8, 4) is 0 Å². The number of carbonyl (C=O) groups is 2. The van der Waals surface area contributed by atoms with Crippen LogP contribution < -0.4 is 10.2 Å². The van der Waals surface area contributed by atoms with Crippen molar-refractivity contribution in [3.63, 3.8) is 0 Å². The number of nitrogens with zero attached hydrogens (tertiary/aromatic N) is 2. The van der Waals surface area contributed by atoms with Crippen LogP contribution in [0.25, 0.3) is 0 Å². The third-order valence-electron chi connectivity index (χ3n) is 4.84. The number of nitrogens with one attached hydrogen (secondary N) is 1. The van der Waals surface area contributed by atoms with Gasteiger partial charge in [-0.25, -0.2) is 0 Å². The van der Waals surface area contributed by atoms with E-state index >= 15 is 0 Å². The van der Waals surface area contributed by atoms with E-state index in [0.29, 0.717) is 25.1 Å². The molecule has 2 aromatic rings. The van der Waals surface area contributed by atoms with E-state index in [-0.39, 0.29) is 11.8 Å². The second-order valence-corrected chi connectivity index (χ2v) is 7.12. The Morgan fingerprint density at radius 2 is 1.58 bits per heavy atom. The Morgan fingerprint density at radius 1 is 0.962 bits per heavy atom. The van der Waals surface area contributed by atoms with E-state index in [9.17, 15) is 9.59 Å². The summed E-state index contributed by atoms with van der Waals surface area (Å²) in [6.45, 7) is 0.506. The van der Waals surface area contributed by atoms with Crippen molar-refractivity contribution in [1.82, 2.24) is 4.90 Å². The molecule has 1 aliphatic rings. The van der Waals surface area contributed by atoms with Crippen molar-refractivity contribution < 1.29 is 9.59 Å². The van der Waals surface area contributed by atoms with Gasteiger partial charge in [0.25, 0.3) is 0 Å². The number of rotatable bonds is 6. The van der Waals surface area contributed by atoms with Crippen LogP contribution in [0.4, 0.5) is 11.4 Å². The average molecular weight is 351 g/mol. The molecule has 26 heavy (non-hydrogen) atoms. The minimum Gasteiger partial charge on any atom is -0.378 e. The van der Waals surface area contributed by atoms with E-state index in [4.69, 9.17) is 0 Å². The van der Waals surface area contributed by atoms with Crippen LogP contribution in [0, 0.1) is 5.41 Å². The zero-order valence-corrected chi connectivity index (χ0v) is 15.5. The Labute approximate surface area is 154 Å². The summed E-state index contributed by atoms with van der Waals surface area (Å²) in [5.41, 5.74) is 1.91. The molecule has 5 nitrogen and oxygen atoms in total. The minimum absolute atomic E-state index is 0.108. The summed E-state index contributed by atoms with van der Waals surface area (Å²) >= 11 is 0. The van der Waals surface area contributed by atoms with Crippen molar-refractivity contribution >= 4 is 23.2 Å². The van der Waals surface area contributed by atoms with Crippen LogP contribution in [0.2, 0.25) is 0 Å². The smallest absolute Gasteiger partial charge is 0.240 e. The Kier molecular flexibility index (Phi) is 4.98. The number of carbonyl (C=O) groups excluding carboxylic acids is 2. The SMILES string of the molecule is CN(Cc1ccccc1)C(=O)C1(C(=O)Nc2ccc(N(C)C)cc2)CC1. The Balaban J connectivity index is 1.65. The molecule has 1 aliphatic carbocycles. The number of anilines is 2. The summed E-state index contributed by atoms with van der Waals surface area (Å²) in [7, 11) is 5.69. The maximum atomic E-state index is 12.9. The molecule has 0 aromatic heterocycles. The molecular weight excluding hydrogens is 326 g/mol. The van der Waals surface area contributed by atoms with E-state index in [0.717, 1.165) is 11.3 Å². The molecule has 0 saturated heterocycles. The maximum Gasteiger partial charge on any atom is 0.240 e. The third kappa shape index (κ3) is 3.72. The van der Waals surface area contributed by atoms with Crippen LogP contribution in [0.1, 0.15) is 18.4 Å². The summed E-state index contributed by atoms with van der Waals surface area (Å²) in [5, 5.41) is 2.91. The molecule has 1 saturated carbocycles. The quantitative estimate of drug-likeness (QED) is 0.814. The van der Waals surface area contributed by atoms with Crippen molar-refractivity contribution in [2.75, 3.05) is 31.4 Å². The van der Waals surface area contributed by atoms with Crippen LogP contribution in [0.15, 0.2) is 54.6 Å². The van der Waals surface area contributed by atoms with E-state index in [1.807, 2.05) is 73.6 Å². The number of hydrogen-bond acceptors (Lipinski definition) is 3. The molecule has 2 amide bonds. The van der Waals surface area contributed by atoms with Crippen LogP contribution in [0.5, 0.6) is 0 Å². The first kappa shape index (κ1) is 18.0. The highest BCUT2D eigenvalue weighted by molar-refractivity contribution is 6.13. The Bertz CT molecular complexity index is 781. The van der Waals surface area contributed by atoms with Gasteiger partial charge in [0.1, 0.15) is 5.41 Å². The van der Waals surface area contributed by atoms with Crippen LogP contribution in [-0.2, 0) is 16.1 Å². The number of benzene rings is 2. The topological polar surface area (TPSA) is 52.7 Å². The number of amides is 2. The lowest BCUT2D eigenvalue weighted by Gasteiger charge is -2.23. The van der Waals surface area contributed by atoms with E-state index in [2.05, 4.69) is 5.32 Å². The molecule has 0 radical (unpaired) electrons. The van der Waals surface area contributed by atoms with E-state index in [1.165, 1.54) is 0 Å². The zero-order chi connectivity index (χ0) is 18.7. The first-order valence-corrected chi connectivity index (χ1v) is 8.81. The molecule has 5 heteroatoms. The van der Waals surface area contributed by atoms with E-state index < -0.39 is 5.41 Å². The molecule has 136 valence electrons. The van der Waals surface area contributed by atoms with Crippen molar-refractivity contribution in [2.24, 2.45) is 5.41 Å². The molecule has 2 aromatic carbocycles. The van der Waals surface area contributed by atoms with Gasteiger partial charge in [-0.2, -0.15) is 0 Å². The molecule has 0 heterocycles. The Hall–Kier alpha value is -2.82. The highest BCUT2D eigenvalue weighted by Gasteiger charge is 2.57. The molecule has 0 bridgehead atoms. The number of hydrogen-bond donors (Lipinski definition) is 1. The van der Waals surface area contributed by atoms with Crippen LogP contribution in [-0.4, -0.2) is 37.9 Å². The molecule has 0 atom stereocenters. The lowest BCUT2D eigenvalue weighted by atomic mass is 10.0. The molecule has 0 spiro atoms. The fourth-order valence-electron chi connectivity index (χ4n) is 3.05. The first-order chi connectivity index (χ1) is 12.4. The highest BCUT2D eigenvalue weighted by Crippen LogP contribution is 2.48. The molecule has 1 N–H and O–H groups in total. The lowest BCUT2D eigenvalue weighted by molar-refractivity contribution is -0.141. The van der Waals surface area contributed by atoms with Gasteiger partial charge in [-0.05, 0) is 42.7 Å². The van der Waals surface area contributed by atoms with Crippen molar-refractivity contribution in [1.29, 1.82) is 0 Å². The van der Waals surface area contributed by atoms with Gasteiger partial charge < -0.3 is 15.1 Å². The minimum atomic E-state index is -0.913. The molecule has 1 fully saturated rings. The fraction of sp³-hybridized carbons (Fsp3) is 0.333. The lowest BCUT2D eigenvalue weighted by Crippen LogP contribution is -2.40. The van der Waals surface area contributed by atoms with Gasteiger partial charge in [0.05, 0.1) is 0 Å². The third-order valence-corrected chi connectivity index (χ3v) is 4.84. The molecule has 0 aliphatic heterocycles. The summed E-state index contributed by atoms with van der Waals surface area (Å²) in [6.07, 6.45) is 1.21. The largest absolute Gasteiger partial charge is 0.378 e. The molecule has 3 rings (SSSR count). The average Bonchev–Trinajstić information content (AvgIpc) is 3.44.